The molecule has 144 valence electrons. The summed E-state index contributed by atoms with van der Waals surface area (Å²) in [5.41, 5.74) is 2.46. The minimum atomic E-state index is -0.0959. The molecule has 6 nitrogen and oxygen atoms in total. The number of rotatable bonds is 3. The lowest BCUT2D eigenvalue weighted by molar-refractivity contribution is 0.462. The van der Waals surface area contributed by atoms with E-state index >= 15 is 0 Å². The highest BCUT2D eigenvalue weighted by Gasteiger charge is 2.24. The van der Waals surface area contributed by atoms with Gasteiger partial charge in [-0.25, -0.2) is 4.98 Å². The van der Waals surface area contributed by atoms with E-state index < -0.39 is 0 Å². The van der Waals surface area contributed by atoms with Crippen LogP contribution in [0.25, 0.3) is 11.3 Å². The molecule has 2 aromatic heterocycles. The molecule has 1 atom stereocenters. The summed E-state index contributed by atoms with van der Waals surface area (Å²) in [6, 6.07) is 11.0. The zero-order valence-corrected chi connectivity index (χ0v) is 16.8. The zero-order chi connectivity index (χ0) is 19.7. The molecule has 3 heterocycles. The standard InChI is InChI=1S/C20H19Cl2N5O/c1-26-19(28)11-17(13-4-6-23-7-5-13)25-20(26)27-9-8-24-18(12-27)14-2-3-15(21)16(22)10-14/h2-7,10-11,18,24H,8-9,12H2,1H3. The Labute approximate surface area is 172 Å². The number of hydrogen-bond acceptors (Lipinski definition) is 5. The van der Waals surface area contributed by atoms with E-state index in [0.29, 0.717) is 28.2 Å². The van der Waals surface area contributed by atoms with Crippen molar-refractivity contribution in [3.8, 4) is 11.3 Å². The van der Waals surface area contributed by atoms with Gasteiger partial charge in [0.1, 0.15) is 0 Å². The van der Waals surface area contributed by atoms with Gasteiger partial charge < -0.3 is 10.2 Å². The largest absolute Gasteiger partial charge is 0.339 e. The maximum absolute atomic E-state index is 12.5. The van der Waals surface area contributed by atoms with Crippen molar-refractivity contribution in [2.75, 3.05) is 24.5 Å². The molecule has 1 aliphatic rings. The molecule has 0 radical (unpaired) electrons. The summed E-state index contributed by atoms with van der Waals surface area (Å²) in [6.45, 7) is 2.18. The number of nitrogens with zero attached hydrogens (tertiary/aromatic N) is 4. The van der Waals surface area contributed by atoms with E-state index in [9.17, 15) is 4.79 Å². The molecule has 8 heteroatoms. The first-order chi connectivity index (χ1) is 13.5. The number of anilines is 1. The van der Waals surface area contributed by atoms with Crippen LogP contribution in [0.5, 0.6) is 0 Å². The highest BCUT2D eigenvalue weighted by molar-refractivity contribution is 6.42. The van der Waals surface area contributed by atoms with Gasteiger partial charge >= 0.3 is 0 Å². The first-order valence-electron chi connectivity index (χ1n) is 8.94. The summed E-state index contributed by atoms with van der Waals surface area (Å²) in [5.74, 6) is 0.644. The maximum Gasteiger partial charge on any atom is 0.255 e. The lowest BCUT2D eigenvalue weighted by atomic mass is 10.0. The fourth-order valence-electron chi connectivity index (χ4n) is 3.36. The summed E-state index contributed by atoms with van der Waals surface area (Å²) < 4.78 is 1.59. The fourth-order valence-corrected chi connectivity index (χ4v) is 3.67. The van der Waals surface area contributed by atoms with E-state index in [2.05, 4.69) is 15.2 Å². The van der Waals surface area contributed by atoms with E-state index in [-0.39, 0.29) is 11.6 Å². The third kappa shape index (κ3) is 3.76. The fraction of sp³-hybridized carbons (Fsp3) is 0.250. The number of pyridine rings is 1. The number of aromatic nitrogens is 3. The molecule has 28 heavy (non-hydrogen) atoms. The second-order valence-corrected chi connectivity index (χ2v) is 7.52. The molecule has 1 aliphatic heterocycles. The molecular formula is C20H19Cl2N5O. The zero-order valence-electron chi connectivity index (χ0n) is 15.3. The average molecular weight is 416 g/mol. The monoisotopic (exact) mass is 415 g/mol. The first kappa shape index (κ1) is 18.9. The van der Waals surface area contributed by atoms with Crippen LogP contribution in [0.3, 0.4) is 0 Å². The van der Waals surface area contributed by atoms with Crippen molar-refractivity contribution in [1.29, 1.82) is 0 Å². The second kappa shape index (κ2) is 7.91. The summed E-state index contributed by atoms with van der Waals surface area (Å²) in [4.78, 5) is 23.5. The number of halogens is 2. The van der Waals surface area contributed by atoms with Crippen molar-refractivity contribution in [1.82, 2.24) is 19.9 Å². The van der Waals surface area contributed by atoms with Crippen molar-refractivity contribution in [3.05, 3.63) is 74.8 Å². The highest BCUT2D eigenvalue weighted by Crippen LogP contribution is 2.28. The molecule has 1 N–H and O–H groups in total. The van der Waals surface area contributed by atoms with E-state index in [1.54, 1.807) is 36.1 Å². The Morgan fingerprint density at radius 3 is 2.64 bits per heavy atom. The maximum atomic E-state index is 12.5. The lowest BCUT2D eigenvalue weighted by Gasteiger charge is -2.35. The Bertz CT molecular complexity index is 1050. The number of benzene rings is 1. The minimum Gasteiger partial charge on any atom is -0.339 e. The molecule has 1 saturated heterocycles. The van der Waals surface area contributed by atoms with Crippen LogP contribution >= 0.6 is 23.2 Å². The Hall–Kier alpha value is -2.41. The second-order valence-electron chi connectivity index (χ2n) is 6.70. The van der Waals surface area contributed by atoms with Gasteiger partial charge in [-0.2, -0.15) is 0 Å². The molecule has 0 bridgehead atoms. The minimum absolute atomic E-state index is 0.0602. The van der Waals surface area contributed by atoms with Crippen molar-refractivity contribution in [2.24, 2.45) is 7.05 Å². The molecule has 0 saturated carbocycles. The van der Waals surface area contributed by atoms with Gasteiger partial charge in [0, 0.05) is 50.7 Å². The molecule has 0 amide bonds. The number of hydrogen-bond donors (Lipinski definition) is 1. The van der Waals surface area contributed by atoms with E-state index in [0.717, 1.165) is 24.2 Å². The summed E-state index contributed by atoms with van der Waals surface area (Å²) in [6.07, 6.45) is 3.39. The Balaban J connectivity index is 1.67. The van der Waals surface area contributed by atoms with Gasteiger partial charge in [-0.3, -0.25) is 14.3 Å². The van der Waals surface area contributed by atoms with Crippen LogP contribution in [0, 0.1) is 0 Å². The van der Waals surface area contributed by atoms with Crippen molar-refractivity contribution < 1.29 is 0 Å². The topological polar surface area (TPSA) is 63.1 Å². The van der Waals surface area contributed by atoms with Gasteiger partial charge in [-0.05, 0) is 29.8 Å². The quantitative estimate of drug-likeness (QED) is 0.710. The molecule has 4 rings (SSSR count). The van der Waals surface area contributed by atoms with Crippen molar-refractivity contribution in [3.63, 3.8) is 0 Å². The van der Waals surface area contributed by atoms with Crippen LogP contribution < -0.4 is 15.8 Å². The molecule has 1 aromatic carbocycles. The third-order valence-electron chi connectivity index (χ3n) is 4.89. The van der Waals surface area contributed by atoms with E-state index in [4.69, 9.17) is 28.2 Å². The van der Waals surface area contributed by atoms with Crippen LogP contribution in [-0.2, 0) is 7.05 Å². The van der Waals surface area contributed by atoms with E-state index in [1.165, 1.54) is 0 Å². The number of piperazine rings is 1. The van der Waals surface area contributed by atoms with Crippen molar-refractivity contribution in [2.45, 2.75) is 6.04 Å². The molecule has 0 aliphatic carbocycles. The molecule has 3 aromatic rings. The SMILES string of the molecule is Cn1c(N2CCNC(c3ccc(Cl)c(Cl)c3)C2)nc(-c2ccncc2)cc1=O. The van der Waals surface area contributed by atoms with Crippen LogP contribution in [-0.4, -0.2) is 34.2 Å². The van der Waals surface area contributed by atoms with Gasteiger partial charge in [0.25, 0.3) is 5.56 Å². The number of nitrogens with one attached hydrogen (secondary N) is 1. The Morgan fingerprint density at radius 2 is 1.89 bits per heavy atom. The van der Waals surface area contributed by atoms with E-state index in [1.807, 2.05) is 24.3 Å². The van der Waals surface area contributed by atoms with Gasteiger partial charge in [0.15, 0.2) is 0 Å². The summed E-state index contributed by atoms with van der Waals surface area (Å²) in [7, 11) is 1.75. The predicted octanol–water partition coefficient (Wildman–Crippen LogP) is 3.30. The van der Waals surface area contributed by atoms with Gasteiger partial charge in [-0.1, -0.05) is 29.3 Å². The van der Waals surface area contributed by atoms with Crippen molar-refractivity contribution >= 4 is 29.2 Å². The van der Waals surface area contributed by atoms with Gasteiger partial charge in [0.05, 0.1) is 21.8 Å². The van der Waals surface area contributed by atoms with Gasteiger partial charge in [0.2, 0.25) is 5.95 Å². The first-order valence-corrected chi connectivity index (χ1v) is 9.70. The lowest BCUT2D eigenvalue weighted by Crippen LogP contribution is -2.47. The molecule has 0 spiro atoms. The Kier molecular flexibility index (Phi) is 5.35. The summed E-state index contributed by atoms with van der Waals surface area (Å²) >= 11 is 12.2. The molecular weight excluding hydrogens is 397 g/mol. The molecule has 1 unspecified atom stereocenters. The Morgan fingerprint density at radius 1 is 1.11 bits per heavy atom. The van der Waals surface area contributed by atoms with Crippen LogP contribution in [0.1, 0.15) is 11.6 Å². The third-order valence-corrected chi connectivity index (χ3v) is 5.63. The highest BCUT2D eigenvalue weighted by atomic mass is 35.5. The predicted molar refractivity (Wildman–Crippen MR) is 112 cm³/mol. The van der Waals surface area contributed by atoms with Gasteiger partial charge in [-0.15, -0.1) is 0 Å². The summed E-state index contributed by atoms with van der Waals surface area (Å²) in [5, 5.41) is 4.56. The smallest absolute Gasteiger partial charge is 0.255 e. The van der Waals surface area contributed by atoms with Crippen LogP contribution in [0.2, 0.25) is 10.0 Å². The van der Waals surface area contributed by atoms with Crippen LogP contribution in [0.15, 0.2) is 53.6 Å². The van der Waals surface area contributed by atoms with Crippen LogP contribution in [0.4, 0.5) is 5.95 Å². The molecule has 1 fully saturated rings. The average Bonchev–Trinajstić information content (AvgIpc) is 2.72. The normalized spacial score (nSPS) is 17.0.